The van der Waals surface area contributed by atoms with Crippen LogP contribution in [0.4, 0.5) is 4.39 Å². The van der Waals surface area contributed by atoms with Gasteiger partial charge >= 0.3 is 0 Å². The molecule has 6 nitrogen and oxygen atoms in total. The summed E-state index contributed by atoms with van der Waals surface area (Å²) in [5.74, 6) is -0.876. The second-order valence-electron chi connectivity index (χ2n) is 5.92. The van der Waals surface area contributed by atoms with E-state index in [-0.39, 0.29) is 11.6 Å². The first kappa shape index (κ1) is 14.3. The van der Waals surface area contributed by atoms with Gasteiger partial charge in [-0.3, -0.25) is 4.79 Å². The fourth-order valence-corrected chi connectivity index (χ4v) is 2.87. The summed E-state index contributed by atoms with van der Waals surface area (Å²) in [6, 6.07) is 8.56. The second kappa shape index (κ2) is 4.86. The van der Waals surface area contributed by atoms with Gasteiger partial charge in [-0.2, -0.15) is 10.4 Å². The van der Waals surface area contributed by atoms with Crippen molar-refractivity contribution < 1.29 is 9.18 Å². The van der Waals surface area contributed by atoms with Gasteiger partial charge in [0.1, 0.15) is 17.6 Å². The molecule has 3 aromatic heterocycles. The molecular weight excluding hydrogens is 309 g/mol. The number of primary amides is 1. The molecule has 0 atom stereocenters. The highest BCUT2D eigenvalue weighted by atomic mass is 19.1. The Morgan fingerprint density at radius 2 is 2.17 bits per heavy atom. The van der Waals surface area contributed by atoms with E-state index in [0.29, 0.717) is 29.7 Å². The number of amides is 1. The van der Waals surface area contributed by atoms with Crippen molar-refractivity contribution in [3.05, 3.63) is 53.9 Å². The topological polar surface area (TPSA) is 97.1 Å². The summed E-state index contributed by atoms with van der Waals surface area (Å²) >= 11 is 0. The lowest BCUT2D eigenvalue weighted by Gasteiger charge is -2.05. The largest absolute Gasteiger partial charge is 0.369 e. The van der Waals surface area contributed by atoms with E-state index in [9.17, 15) is 9.18 Å². The fraction of sp³-hybridized carbons (Fsp3) is 0.176. The van der Waals surface area contributed by atoms with Crippen molar-refractivity contribution >= 4 is 11.4 Å². The zero-order chi connectivity index (χ0) is 16.9. The molecule has 1 fully saturated rings. The van der Waals surface area contributed by atoms with Crippen molar-refractivity contribution in [1.82, 2.24) is 14.6 Å². The molecule has 3 aromatic rings. The van der Waals surface area contributed by atoms with Gasteiger partial charge in [0.25, 0.3) is 0 Å². The Labute approximate surface area is 136 Å². The Morgan fingerprint density at radius 3 is 2.83 bits per heavy atom. The van der Waals surface area contributed by atoms with E-state index in [0.717, 1.165) is 11.7 Å². The Hall–Kier alpha value is -3.27. The van der Waals surface area contributed by atoms with E-state index in [2.05, 4.69) is 10.1 Å². The third-order valence-electron chi connectivity index (χ3n) is 4.46. The number of hydrogen-bond donors (Lipinski definition) is 1. The van der Waals surface area contributed by atoms with Crippen LogP contribution in [-0.4, -0.2) is 20.5 Å². The molecule has 0 spiro atoms. The number of pyridine rings is 2. The van der Waals surface area contributed by atoms with Gasteiger partial charge in [0.15, 0.2) is 0 Å². The summed E-state index contributed by atoms with van der Waals surface area (Å²) in [5.41, 5.74) is 7.23. The quantitative estimate of drug-likeness (QED) is 0.797. The number of aromatic nitrogens is 3. The average molecular weight is 321 g/mol. The van der Waals surface area contributed by atoms with Crippen LogP contribution in [0.1, 0.15) is 24.2 Å². The Morgan fingerprint density at radius 1 is 1.38 bits per heavy atom. The molecule has 1 aliphatic rings. The van der Waals surface area contributed by atoms with Gasteiger partial charge in [0.2, 0.25) is 5.91 Å². The Balaban J connectivity index is 1.83. The molecule has 0 radical (unpaired) electrons. The van der Waals surface area contributed by atoms with E-state index < -0.39 is 11.2 Å². The van der Waals surface area contributed by atoms with Crippen LogP contribution in [0.5, 0.6) is 0 Å². The molecule has 2 N–H and O–H groups in total. The molecule has 0 aromatic carbocycles. The predicted octanol–water partition coefficient (Wildman–Crippen LogP) is 1.92. The van der Waals surface area contributed by atoms with Gasteiger partial charge in [-0.15, -0.1) is 0 Å². The minimum absolute atomic E-state index is 0.145. The molecule has 0 saturated heterocycles. The van der Waals surface area contributed by atoms with Crippen molar-refractivity contribution in [2.45, 2.75) is 18.3 Å². The summed E-state index contributed by atoms with van der Waals surface area (Å²) < 4.78 is 15.7. The van der Waals surface area contributed by atoms with Crippen molar-refractivity contribution in [2.75, 3.05) is 0 Å². The number of nitriles is 1. The zero-order valence-corrected chi connectivity index (χ0v) is 12.5. The summed E-state index contributed by atoms with van der Waals surface area (Å²) in [7, 11) is 0. The maximum absolute atomic E-state index is 14.0. The number of carbonyl (C=O) groups is 1. The van der Waals surface area contributed by atoms with Gasteiger partial charge in [0.05, 0.1) is 22.8 Å². The molecule has 0 bridgehead atoms. The van der Waals surface area contributed by atoms with Crippen molar-refractivity contribution in [2.24, 2.45) is 5.73 Å². The van der Waals surface area contributed by atoms with Crippen molar-refractivity contribution in [1.29, 1.82) is 5.26 Å². The number of halogens is 1. The standard InChI is InChI=1S/C17H12FN5O/c18-14-9-21-11(8-19)6-13(14)10-1-4-23-12(5-10)7-15(22-23)17(2-3-17)16(20)24/h1,4-7,9H,2-3H2,(H2,20,24). The van der Waals surface area contributed by atoms with Crippen LogP contribution in [0.2, 0.25) is 0 Å². The first-order valence-corrected chi connectivity index (χ1v) is 7.39. The van der Waals surface area contributed by atoms with Crippen LogP contribution in [0, 0.1) is 17.1 Å². The lowest BCUT2D eigenvalue weighted by molar-refractivity contribution is -0.120. The van der Waals surface area contributed by atoms with Crippen LogP contribution in [0.25, 0.3) is 16.6 Å². The number of nitrogens with two attached hydrogens (primary N) is 1. The molecule has 24 heavy (non-hydrogen) atoms. The van der Waals surface area contributed by atoms with E-state index in [1.54, 1.807) is 28.9 Å². The number of rotatable bonds is 3. The van der Waals surface area contributed by atoms with Crippen molar-refractivity contribution in [3.8, 4) is 17.2 Å². The molecule has 4 rings (SSSR count). The Bertz CT molecular complexity index is 1030. The monoisotopic (exact) mass is 321 g/mol. The molecule has 1 aliphatic carbocycles. The van der Waals surface area contributed by atoms with Crippen LogP contribution >= 0.6 is 0 Å². The smallest absolute Gasteiger partial charge is 0.229 e. The number of carbonyl (C=O) groups excluding carboxylic acids is 1. The highest BCUT2D eigenvalue weighted by Gasteiger charge is 2.52. The minimum Gasteiger partial charge on any atom is -0.369 e. The lowest BCUT2D eigenvalue weighted by atomic mass is 10.0. The van der Waals surface area contributed by atoms with Crippen LogP contribution in [-0.2, 0) is 10.2 Å². The van der Waals surface area contributed by atoms with Gasteiger partial charge in [-0.05, 0) is 42.7 Å². The average Bonchev–Trinajstić information content (AvgIpc) is 3.29. The molecule has 118 valence electrons. The molecule has 0 aliphatic heterocycles. The van der Waals surface area contributed by atoms with E-state index >= 15 is 0 Å². The van der Waals surface area contributed by atoms with Gasteiger partial charge in [-0.25, -0.2) is 13.9 Å². The summed E-state index contributed by atoms with van der Waals surface area (Å²) in [5, 5.41) is 13.3. The van der Waals surface area contributed by atoms with Crippen LogP contribution < -0.4 is 5.73 Å². The molecule has 3 heterocycles. The van der Waals surface area contributed by atoms with Crippen LogP contribution in [0.15, 0.2) is 36.7 Å². The zero-order valence-electron chi connectivity index (χ0n) is 12.5. The molecular formula is C17H12FN5O. The first-order valence-electron chi connectivity index (χ1n) is 7.39. The van der Waals surface area contributed by atoms with E-state index in [4.69, 9.17) is 11.0 Å². The van der Waals surface area contributed by atoms with Gasteiger partial charge < -0.3 is 5.73 Å². The summed E-state index contributed by atoms with van der Waals surface area (Å²) in [6.45, 7) is 0. The number of nitrogens with zero attached hydrogens (tertiary/aromatic N) is 4. The highest BCUT2D eigenvalue weighted by Crippen LogP contribution is 2.47. The van der Waals surface area contributed by atoms with E-state index in [1.165, 1.54) is 6.07 Å². The maximum Gasteiger partial charge on any atom is 0.229 e. The molecule has 7 heteroatoms. The summed E-state index contributed by atoms with van der Waals surface area (Å²) in [4.78, 5) is 15.4. The van der Waals surface area contributed by atoms with Gasteiger partial charge in [-0.1, -0.05) is 0 Å². The van der Waals surface area contributed by atoms with E-state index in [1.807, 2.05) is 6.07 Å². The number of fused-ring (bicyclic) bond motifs is 1. The highest BCUT2D eigenvalue weighted by molar-refractivity contribution is 5.89. The number of hydrogen-bond acceptors (Lipinski definition) is 4. The second-order valence-corrected chi connectivity index (χ2v) is 5.92. The van der Waals surface area contributed by atoms with Crippen molar-refractivity contribution in [3.63, 3.8) is 0 Å². The maximum atomic E-state index is 14.0. The molecule has 1 amide bonds. The Kier molecular flexibility index (Phi) is 2.90. The molecule has 1 saturated carbocycles. The SMILES string of the molecule is N#Cc1cc(-c2ccn3nc(C4(C(N)=O)CC4)cc3c2)c(F)cn1. The molecule has 0 unspecified atom stereocenters. The summed E-state index contributed by atoms with van der Waals surface area (Å²) in [6.07, 6.45) is 4.12. The van der Waals surface area contributed by atoms with Crippen LogP contribution in [0.3, 0.4) is 0 Å². The minimum atomic E-state index is -0.665. The first-order chi connectivity index (χ1) is 11.5. The predicted molar refractivity (Wildman–Crippen MR) is 83.2 cm³/mol. The fourth-order valence-electron chi connectivity index (χ4n) is 2.87. The third-order valence-corrected chi connectivity index (χ3v) is 4.46. The third kappa shape index (κ3) is 2.04. The normalized spacial score (nSPS) is 15.2. The lowest BCUT2D eigenvalue weighted by Crippen LogP contribution is -2.28. The van der Waals surface area contributed by atoms with Gasteiger partial charge in [0, 0.05) is 11.8 Å².